The lowest BCUT2D eigenvalue weighted by molar-refractivity contribution is 0.137. The van der Waals surface area contributed by atoms with Crippen LogP contribution in [0.2, 0.25) is 5.02 Å². The first-order valence-corrected chi connectivity index (χ1v) is 6.39. The fourth-order valence-electron chi connectivity index (χ4n) is 2.36. The average Bonchev–Trinajstić information content (AvgIpc) is 2.64. The standard InChI is InChI=1S/C13H17ClFN3O/c1-13(10-4-3-9(15)7-11(10)14)8-17-12(16)18(13)5-6-19-2/h3-4,7H,5-6,8H2,1-2H3,(H2,16,17). The van der Waals surface area contributed by atoms with Crippen LogP contribution in [0.3, 0.4) is 0 Å². The molecule has 0 saturated heterocycles. The first-order valence-electron chi connectivity index (χ1n) is 6.01. The molecule has 1 aromatic rings. The van der Waals surface area contributed by atoms with Crippen LogP contribution in [0.15, 0.2) is 23.2 Å². The van der Waals surface area contributed by atoms with Crippen LogP contribution < -0.4 is 5.73 Å². The molecule has 19 heavy (non-hydrogen) atoms. The van der Waals surface area contributed by atoms with E-state index < -0.39 is 5.54 Å². The number of methoxy groups -OCH3 is 1. The third-order valence-electron chi connectivity index (χ3n) is 3.45. The Labute approximate surface area is 117 Å². The monoisotopic (exact) mass is 285 g/mol. The Kier molecular flexibility index (Phi) is 3.96. The van der Waals surface area contributed by atoms with Crippen LogP contribution in [-0.2, 0) is 10.3 Å². The number of aliphatic imine (C=N–C) groups is 1. The van der Waals surface area contributed by atoms with Gasteiger partial charge < -0.3 is 15.4 Å². The van der Waals surface area contributed by atoms with E-state index in [1.54, 1.807) is 13.2 Å². The van der Waals surface area contributed by atoms with Crippen molar-refractivity contribution >= 4 is 17.6 Å². The predicted octanol–water partition coefficient (Wildman–Crippen LogP) is 1.97. The normalized spacial score (nSPS) is 22.7. The zero-order chi connectivity index (χ0) is 14.0. The van der Waals surface area contributed by atoms with E-state index in [4.69, 9.17) is 22.1 Å². The minimum Gasteiger partial charge on any atom is -0.383 e. The summed E-state index contributed by atoms with van der Waals surface area (Å²) in [5.41, 5.74) is 6.27. The second-order valence-electron chi connectivity index (χ2n) is 4.72. The largest absolute Gasteiger partial charge is 0.383 e. The molecule has 0 radical (unpaired) electrons. The molecule has 0 aromatic heterocycles. The second-order valence-corrected chi connectivity index (χ2v) is 5.12. The molecule has 1 aliphatic rings. The molecule has 2 rings (SSSR count). The molecule has 0 aliphatic carbocycles. The molecule has 0 fully saturated rings. The number of guanidine groups is 1. The highest BCUT2D eigenvalue weighted by Gasteiger charge is 2.40. The van der Waals surface area contributed by atoms with Gasteiger partial charge in [-0.05, 0) is 24.6 Å². The number of halogens is 2. The SMILES string of the molecule is COCCN1C(N)=NCC1(C)c1ccc(F)cc1Cl. The van der Waals surface area contributed by atoms with Gasteiger partial charge in [-0.3, -0.25) is 4.99 Å². The highest BCUT2D eigenvalue weighted by Crippen LogP contribution is 2.36. The summed E-state index contributed by atoms with van der Waals surface area (Å²) >= 11 is 6.16. The molecule has 104 valence electrons. The van der Waals surface area contributed by atoms with Crippen LogP contribution in [0.1, 0.15) is 12.5 Å². The van der Waals surface area contributed by atoms with Crippen molar-refractivity contribution in [1.82, 2.24) is 4.90 Å². The molecule has 0 bridgehead atoms. The molecule has 4 nitrogen and oxygen atoms in total. The fourth-order valence-corrected chi connectivity index (χ4v) is 2.73. The van der Waals surface area contributed by atoms with E-state index in [1.807, 2.05) is 11.8 Å². The molecule has 0 saturated carbocycles. The van der Waals surface area contributed by atoms with Crippen molar-refractivity contribution in [3.05, 3.63) is 34.6 Å². The Morgan fingerprint density at radius 2 is 2.32 bits per heavy atom. The van der Waals surface area contributed by atoms with Crippen LogP contribution in [0, 0.1) is 5.82 Å². The molecule has 0 spiro atoms. The summed E-state index contributed by atoms with van der Waals surface area (Å²) in [6.45, 7) is 3.62. The number of rotatable bonds is 4. The highest BCUT2D eigenvalue weighted by molar-refractivity contribution is 6.31. The van der Waals surface area contributed by atoms with Crippen molar-refractivity contribution in [2.24, 2.45) is 10.7 Å². The molecule has 0 amide bonds. The summed E-state index contributed by atoms with van der Waals surface area (Å²) in [6, 6.07) is 4.40. The zero-order valence-corrected chi connectivity index (χ0v) is 11.7. The van der Waals surface area contributed by atoms with Gasteiger partial charge in [0.2, 0.25) is 0 Å². The van der Waals surface area contributed by atoms with E-state index in [0.29, 0.717) is 30.7 Å². The smallest absolute Gasteiger partial charge is 0.192 e. The van der Waals surface area contributed by atoms with Gasteiger partial charge >= 0.3 is 0 Å². The summed E-state index contributed by atoms with van der Waals surface area (Å²) < 4.78 is 18.2. The van der Waals surface area contributed by atoms with Gasteiger partial charge in [0, 0.05) is 18.7 Å². The van der Waals surface area contributed by atoms with Crippen molar-refractivity contribution in [3.8, 4) is 0 Å². The fraction of sp³-hybridized carbons (Fsp3) is 0.462. The number of ether oxygens (including phenoxy) is 1. The summed E-state index contributed by atoms with van der Waals surface area (Å²) in [5, 5.41) is 0.384. The van der Waals surface area contributed by atoms with Gasteiger partial charge in [0.05, 0.1) is 18.7 Å². The van der Waals surface area contributed by atoms with Crippen molar-refractivity contribution in [2.75, 3.05) is 26.8 Å². The second kappa shape index (κ2) is 5.35. The maximum Gasteiger partial charge on any atom is 0.192 e. The van der Waals surface area contributed by atoms with E-state index in [0.717, 1.165) is 5.56 Å². The zero-order valence-electron chi connectivity index (χ0n) is 11.0. The average molecular weight is 286 g/mol. The lowest BCUT2D eigenvalue weighted by Crippen LogP contribution is -2.49. The summed E-state index contributed by atoms with van der Waals surface area (Å²) in [4.78, 5) is 6.22. The first kappa shape index (κ1) is 14.1. The van der Waals surface area contributed by atoms with Gasteiger partial charge in [0.15, 0.2) is 5.96 Å². The molecule has 6 heteroatoms. The van der Waals surface area contributed by atoms with Crippen LogP contribution in [0.4, 0.5) is 4.39 Å². The molecule has 1 atom stereocenters. The Bertz CT molecular complexity index is 509. The van der Waals surface area contributed by atoms with Crippen molar-refractivity contribution in [1.29, 1.82) is 0 Å². The molecule has 1 aromatic carbocycles. The van der Waals surface area contributed by atoms with Gasteiger partial charge in [-0.2, -0.15) is 0 Å². The number of benzene rings is 1. The van der Waals surface area contributed by atoms with Crippen molar-refractivity contribution in [2.45, 2.75) is 12.5 Å². The van der Waals surface area contributed by atoms with E-state index in [1.165, 1.54) is 12.1 Å². The Balaban J connectivity index is 2.35. The molecular formula is C13H17ClFN3O. The van der Waals surface area contributed by atoms with Crippen molar-refractivity contribution < 1.29 is 9.13 Å². The summed E-state index contributed by atoms with van der Waals surface area (Å²) in [5.74, 6) is 0.104. The maximum absolute atomic E-state index is 13.2. The number of hydrogen-bond donors (Lipinski definition) is 1. The lowest BCUT2D eigenvalue weighted by atomic mass is 9.91. The van der Waals surface area contributed by atoms with Crippen molar-refractivity contribution in [3.63, 3.8) is 0 Å². The third-order valence-corrected chi connectivity index (χ3v) is 3.76. The Hall–Kier alpha value is -1.33. The van der Waals surface area contributed by atoms with Gasteiger partial charge in [0.1, 0.15) is 5.82 Å². The molecule has 1 unspecified atom stereocenters. The van der Waals surface area contributed by atoms with E-state index in [9.17, 15) is 4.39 Å². The minimum absolute atomic E-state index is 0.354. The quantitative estimate of drug-likeness (QED) is 0.920. The first-order chi connectivity index (χ1) is 8.99. The van der Waals surface area contributed by atoms with Gasteiger partial charge in [0.25, 0.3) is 0 Å². The van der Waals surface area contributed by atoms with Crippen LogP contribution in [0.25, 0.3) is 0 Å². The van der Waals surface area contributed by atoms with Crippen LogP contribution in [0.5, 0.6) is 0 Å². The predicted molar refractivity (Wildman–Crippen MR) is 73.8 cm³/mol. The van der Waals surface area contributed by atoms with E-state index in [2.05, 4.69) is 4.99 Å². The molecule has 1 aliphatic heterocycles. The Morgan fingerprint density at radius 1 is 1.58 bits per heavy atom. The number of hydrogen-bond acceptors (Lipinski definition) is 4. The molecule has 2 N–H and O–H groups in total. The minimum atomic E-state index is -0.465. The van der Waals surface area contributed by atoms with Gasteiger partial charge in [-0.15, -0.1) is 0 Å². The summed E-state index contributed by atoms with van der Waals surface area (Å²) in [6.07, 6.45) is 0. The van der Waals surface area contributed by atoms with E-state index >= 15 is 0 Å². The maximum atomic E-state index is 13.2. The highest BCUT2D eigenvalue weighted by atomic mass is 35.5. The summed E-state index contributed by atoms with van der Waals surface area (Å²) in [7, 11) is 1.63. The van der Waals surface area contributed by atoms with Gasteiger partial charge in [-0.25, -0.2) is 4.39 Å². The number of nitrogens with zero attached hydrogens (tertiary/aromatic N) is 2. The van der Waals surface area contributed by atoms with E-state index in [-0.39, 0.29) is 5.82 Å². The van der Waals surface area contributed by atoms with Gasteiger partial charge in [-0.1, -0.05) is 17.7 Å². The molecular weight excluding hydrogens is 269 g/mol. The lowest BCUT2D eigenvalue weighted by Gasteiger charge is -2.37. The third kappa shape index (κ3) is 2.53. The Morgan fingerprint density at radius 3 is 2.95 bits per heavy atom. The van der Waals surface area contributed by atoms with Crippen LogP contribution >= 0.6 is 11.6 Å². The molecule has 1 heterocycles. The van der Waals surface area contributed by atoms with Crippen LogP contribution in [-0.4, -0.2) is 37.7 Å². The topological polar surface area (TPSA) is 50.9 Å². The number of nitrogens with two attached hydrogens (primary N) is 1.